The molecule has 0 bridgehead atoms. The predicted octanol–water partition coefficient (Wildman–Crippen LogP) is 0.173. The normalized spacial score (nSPS) is 18.5. The number of primary amides is 1. The zero-order chi connectivity index (χ0) is 17.1. The molecule has 1 aromatic carbocycles. The van der Waals surface area contributed by atoms with Gasteiger partial charge in [-0.2, -0.15) is 5.10 Å². The standard InChI is InChI=1S/C17H21N5O2/c1-20-9-10-21(12-15(20)16(18)23)17(24)14-6-3-2-5-13(14)11-22-8-4-7-19-22/h2-8,15H,9-12H2,1H3,(H2,18,23)/t15-/m1/s1. The Morgan fingerprint density at radius 3 is 2.75 bits per heavy atom. The van der Waals surface area contributed by atoms with Gasteiger partial charge in [-0.25, -0.2) is 0 Å². The molecule has 0 unspecified atom stereocenters. The number of hydrogen-bond donors (Lipinski definition) is 1. The Bertz CT molecular complexity index is 728. The van der Waals surface area contributed by atoms with Gasteiger partial charge in [0.2, 0.25) is 5.91 Å². The Morgan fingerprint density at radius 2 is 2.04 bits per heavy atom. The minimum absolute atomic E-state index is 0.0721. The lowest BCUT2D eigenvalue weighted by Crippen LogP contribution is -2.58. The molecule has 1 aliphatic heterocycles. The van der Waals surface area contributed by atoms with Crippen molar-refractivity contribution < 1.29 is 9.59 Å². The highest BCUT2D eigenvalue weighted by molar-refractivity contribution is 5.96. The molecule has 0 saturated carbocycles. The Labute approximate surface area is 140 Å². The molecule has 7 heteroatoms. The molecule has 2 heterocycles. The number of piperazine rings is 1. The van der Waals surface area contributed by atoms with E-state index in [1.165, 1.54) is 0 Å². The van der Waals surface area contributed by atoms with E-state index < -0.39 is 11.9 Å². The number of benzene rings is 1. The van der Waals surface area contributed by atoms with Gasteiger partial charge in [0, 0.05) is 37.6 Å². The Balaban J connectivity index is 1.81. The Kier molecular flexibility index (Phi) is 4.61. The summed E-state index contributed by atoms with van der Waals surface area (Å²) in [6, 6.07) is 8.91. The van der Waals surface area contributed by atoms with Gasteiger partial charge in [-0.05, 0) is 24.7 Å². The van der Waals surface area contributed by atoms with Crippen LogP contribution >= 0.6 is 0 Å². The first-order valence-electron chi connectivity index (χ1n) is 7.90. The third kappa shape index (κ3) is 3.30. The minimum Gasteiger partial charge on any atom is -0.368 e. The number of nitrogens with zero attached hydrogens (tertiary/aromatic N) is 4. The highest BCUT2D eigenvalue weighted by Crippen LogP contribution is 2.16. The van der Waals surface area contributed by atoms with Crippen LogP contribution in [0.2, 0.25) is 0 Å². The second-order valence-corrected chi connectivity index (χ2v) is 6.01. The van der Waals surface area contributed by atoms with Crippen LogP contribution in [0.5, 0.6) is 0 Å². The summed E-state index contributed by atoms with van der Waals surface area (Å²) < 4.78 is 1.78. The van der Waals surface area contributed by atoms with Crippen LogP contribution < -0.4 is 5.73 Å². The molecule has 1 fully saturated rings. The van der Waals surface area contributed by atoms with E-state index in [-0.39, 0.29) is 5.91 Å². The summed E-state index contributed by atoms with van der Waals surface area (Å²) in [6.45, 7) is 2.05. The summed E-state index contributed by atoms with van der Waals surface area (Å²) in [7, 11) is 1.85. The molecule has 7 nitrogen and oxygen atoms in total. The highest BCUT2D eigenvalue weighted by atomic mass is 16.2. The maximum absolute atomic E-state index is 12.9. The number of rotatable bonds is 4. The quantitative estimate of drug-likeness (QED) is 0.868. The summed E-state index contributed by atoms with van der Waals surface area (Å²) in [5.41, 5.74) is 6.99. The maximum Gasteiger partial charge on any atom is 0.254 e. The van der Waals surface area contributed by atoms with Crippen molar-refractivity contribution in [3.63, 3.8) is 0 Å². The fourth-order valence-electron chi connectivity index (χ4n) is 2.97. The number of hydrogen-bond acceptors (Lipinski definition) is 4. The van der Waals surface area contributed by atoms with Gasteiger partial charge in [0.15, 0.2) is 0 Å². The lowest BCUT2D eigenvalue weighted by Gasteiger charge is -2.38. The molecule has 2 N–H and O–H groups in total. The van der Waals surface area contributed by atoms with E-state index in [1.54, 1.807) is 15.8 Å². The third-order valence-electron chi connectivity index (χ3n) is 4.40. The summed E-state index contributed by atoms with van der Waals surface area (Å²) in [4.78, 5) is 28.1. The van der Waals surface area contributed by atoms with E-state index in [1.807, 2.05) is 48.5 Å². The van der Waals surface area contributed by atoms with Crippen LogP contribution in [0.4, 0.5) is 0 Å². The lowest BCUT2D eigenvalue weighted by atomic mass is 10.0. The van der Waals surface area contributed by atoms with Crippen LogP contribution in [0.3, 0.4) is 0 Å². The van der Waals surface area contributed by atoms with Crippen molar-refractivity contribution in [3.05, 3.63) is 53.9 Å². The fraction of sp³-hybridized carbons (Fsp3) is 0.353. The van der Waals surface area contributed by atoms with Crippen molar-refractivity contribution in [1.29, 1.82) is 0 Å². The molecule has 2 aromatic rings. The summed E-state index contributed by atoms with van der Waals surface area (Å²) >= 11 is 0. The van der Waals surface area contributed by atoms with E-state index in [0.29, 0.717) is 31.7 Å². The summed E-state index contributed by atoms with van der Waals surface area (Å²) in [5, 5.41) is 4.19. The Hall–Kier alpha value is -2.67. The van der Waals surface area contributed by atoms with Gasteiger partial charge >= 0.3 is 0 Å². The number of nitrogens with two attached hydrogens (primary N) is 1. The number of aromatic nitrogens is 2. The van der Waals surface area contributed by atoms with Crippen LogP contribution in [-0.2, 0) is 11.3 Å². The topological polar surface area (TPSA) is 84.5 Å². The first-order chi connectivity index (χ1) is 11.6. The third-order valence-corrected chi connectivity index (χ3v) is 4.40. The van der Waals surface area contributed by atoms with Crippen LogP contribution in [0.15, 0.2) is 42.7 Å². The zero-order valence-electron chi connectivity index (χ0n) is 13.6. The molecular formula is C17H21N5O2. The average Bonchev–Trinajstić information content (AvgIpc) is 3.08. The molecule has 126 valence electrons. The van der Waals surface area contributed by atoms with E-state index in [9.17, 15) is 9.59 Å². The maximum atomic E-state index is 12.9. The van der Waals surface area contributed by atoms with Gasteiger partial charge in [-0.15, -0.1) is 0 Å². The average molecular weight is 327 g/mol. The molecule has 1 saturated heterocycles. The zero-order valence-corrected chi connectivity index (χ0v) is 13.6. The monoisotopic (exact) mass is 327 g/mol. The molecule has 2 amide bonds. The second kappa shape index (κ2) is 6.84. The van der Waals surface area contributed by atoms with Crippen molar-refractivity contribution in [2.24, 2.45) is 5.73 Å². The number of carbonyl (C=O) groups is 2. The van der Waals surface area contributed by atoms with Crippen molar-refractivity contribution in [3.8, 4) is 0 Å². The van der Waals surface area contributed by atoms with Gasteiger partial charge in [-0.3, -0.25) is 19.2 Å². The first-order valence-corrected chi connectivity index (χ1v) is 7.90. The molecule has 1 atom stereocenters. The van der Waals surface area contributed by atoms with Gasteiger partial charge in [0.05, 0.1) is 6.54 Å². The van der Waals surface area contributed by atoms with E-state index in [2.05, 4.69) is 5.10 Å². The molecule has 0 aliphatic carbocycles. The number of carbonyl (C=O) groups excluding carboxylic acids is 2. The van der Waals surface area contributed by atoms with E-state index >= 15 is 0 Å². The SMILES string of the molecule is CN1CCN(C(=O)c2ccccc2Cn2cccn2)C[C@@H]1C(N)=O. The molecule has 0 radical (unpaired) electrons. The van der Waals surface area contributed by atoms with Crippen molar-refractivity contribution >= 4 is 11.8 Å². The first kappa shape index (κ1) is 16.2. The van der Waals surface area contributed by atoms with Gasteiger partial charge < -0.3 is 10.6 Å². The lowest BCUT2D eigenvalue weighted by molar-refractivity contribution is -0.124. The van der Waals surface area contributed by atoms with Crippen molar-refractivity contribution in [2.75, 3.05) is 26.7 Å². The summed E-state index contributed by atoms with van der Waals surface area (Å²) in [5.74, 6) is -0.475. The van der Waals surface area contributed by atoms with Crippen LogP contribution in [-0.4, -0.2) is 64.1 Å². The van der Waals surface area contributed by atoms with E-state index in [0.717, 1.165) is 5.56 Å². The van der Waals surface area contributed by atoms with Crippen molar-refractivity contribution in [1.82, 2.24) is 19.6 Å². The minimum atomic E-state index is -0.444. The summed E-state index contributed by atoms with van der Waals surface area (Å²) in [6.07, 6.45) is 3.57. The van der Waals surface area contributed by atoms with Crippen LogP contribution in [0.1, 0.15) is 15.9 Å². The largest absolute Gasteiger partial charge is 0.368 e. The van der Waals surface area contributed by atoms with Gasteiger partial charge in [0.1, 0.15) is 6.04 Å². The smallest absolute Gasteiger partial charge is 0.254 e. The molecule has 3 rings (SSSR count). The number of likely N-dealkylation sites (N-methyl/N-ethyl adjacent to an activating group) is 1. The number of amides is 2. The Morgan fingerprint density at radius 1 is 1.25 bits per heavy atom. The van der Waals surface area contributed by atoms with Crippen LogP contribution in [0.25, 0.3) is 0 Å². The van der Waals surface area contributed by atoms with Gasteiger partial charge in [-0.1, -0.05) is 18.2 Å². The van der Waals surface area contributed by atoms with Crippen LogP contribution in [0, 0.1) is 0 Å². The molecule has 1 aromatic heterocycles. The predicted molar refractivity (Wildman–Crippen MR) is 89.3 cm³/mol. The molecule has 1 aliphatic rings. The van der Waals surface area contributed by atoms with Crippen molar-refractivity contribution in [2.45, 2.75) is 12.6 Å². The molecule has 0 spiro atoms. The van der Waals surface area contributed by atoms with Gasteiger partial charge in [0.25, 0.3) is 5.91 Å². The molecular weight excluding hydrogens is 306 g/mol. The molecule has 24 heavy (non-hydrogen) atoms. The van der Waals surface area contributed by atoms with E-state index in [4.69, 9.17) is 5.73 Å². The fourth-order valence-corrected chi connectivity index (χ4v) is 2.97. The second-order valence-electron chi connectivity index (χ2n) is 6.01. The highest BCUT2D eigenvalue weighted by Gasteiger charge is 2.31.